The summed E-state index contributed by atoms with van der Waals surface area (Å²) in [6.07, 6.45) is 2.11. The lowest BCUT2D eigenvalue weighted by Gasteiger charge is -2.04. The van der Waals surface area contributed by atoms with E-state index in [2.05, 4.69) is 35.8 Å². The van der Waals surface area contributed by atoms with Crippen molar-refractivity contribution in [3.05, 3.63) is 29.8 Å². The van der Waals surface area contributed by atoms with E-state index in [0.29, 0.717) is 0 Å². The van der Waals surface area contributed by atoms with Crippen LogP contribution in [-0.4, -0.2) is 13.3 Å². The van der Waals surface area contributed by atoms with E-state index in [1.807, 2.05) is 7.05 Å². The van der Waals surface area contributed by atoms with E-state index in [1.165, 1.54) is 10.5 Å². The van der Waals surface area contributed by atoms with Gasteiger partial charge in [0.2, 0.25) is 0 Å². The van der Waals surface area contributed by atoms with Crippen molar-refractivity contribution in [3.63, 3.8) is 0 Å². The highest BCUT2D eigenvalue weighted by atomic mass is 32.2. The van der Waals surface area contributed by atoms with E-state index in [9.17, 15) is 0 Å². The van der Waals surface area contributed by atoms with Crippen LogP contribution in [0, 0.1) is 0 Å². The summed E-state index contributed by atoms with van der Waals surface area (Å²) in [5.74, 6) is 0. The topological polar surface area (TPSA) is 12.0 Å². The molecule has 0 atom stereocenters. The van der Waals surface area contributed by atoms with Gasteiger partial charge < -0.3 is 5.32 Å². The maximum Gasteiger partial charge on any atom is 0.0213 e. The van der Waals surface area contributed by atoms with Crippen molar-refractivity contribution in [3.8, 4) is 0 Å². The first kappa shape index (κ1) is 8.62. The first-order chi connectivity index (χ1) is 5.38. The maximum atomic E-state index is 3.15. The summed E-state index contributed by atoms with van der Waals surface area (Å²) in [7, 11) is 1.97. The lowest BCUT2D eigenvalue weighted by Crippen LogP contribution is -2.05. The predicted octanol–water partition coefficient (Wildman–Crippen LogP) is 2.13. The third kappa shape index (κ3) is 2.24. The van der Waals surface area contributed by atoms with Crippen molar-refractivity contribution in [1.82, 2.24) is 5.32 Å². The average molecular weight is 167 g/mol. The SMILES string of the molecule is CNCc1ccccc1SC. The first-order valence-electron chi connectivity index (χ1n) is 3.65. The van der Waals surface area contributed by atoms with Crippen LogP contribution >= 0.6 is 11.8 Å². The Hall–Kier alpha value is -0.470. The van der Waals surface area contributed by atoms with E-state index >= 15 is 0 Å². The van der Waals surface area contributed by atoms with Crippen LogP contribution in [0.2, 0.25) is 0 Å². The Bertz CT molecular complexity index is 223. The third-order valence-electron chi connectivity index (χ3n) is 1.56. The first-order valence-corrected chi connectivity index (χ1v) is 4.87. The van der Waals surface area contributed by atoms with E-state index in [1.54, 1.807) is 11.8 Å². The lowest BCUT2D eigenvalue weighted by atomic mass is 10.2. The van der Waals surface area contributed by atoms with E-state index < -0.39 is 0 Å². The summed E-state index contributed by atoms with van der Waals surface area (Å²) in [4.78, 5) is 1.36. The number of hydrogen-bond acceptors (Lipinski definition) is 2. The number of thioether (sulfide) groups is 1. The molecule has 11 heavy (non-hydrogen) atoms. The Morgan fingerprint density at radius 1 is 1.36 bits per heavy atom. The van der Waals surface area contributed by atoms with Crippen molar-refractivity contribution < 1.29 is 0 Å². The average Bonchev–Trinajstić information content (AvgIpc) is 2.06. The fourth-order valence-corrected chi connectivity index (χ4v) is 1.66. The van der Waals surface area contributed by atoms with Crippen molar-refractivity contribution >= 4 is 11.8 Å². The van der Waals surface area contributed by atoms with Gasteiger partial charge in [-0.25, -0.2) is 0 Å². The zero-order chi connectivity index (χ0) is 8.10. The number of hydrogen-bond donors (Lipinski definition) is 1. The molecular formula is C9H13NS. The van der Waals surface area contributed by atoms with Crippen molar-refractivity contribution in [2.45, 2.75) is 11.4 Å². The van der Waals surface area contributed by atoms with E-state index in [0.717, 1.165) is 6.54 Å². The highest BCUT2D eigenvalue weighted by molar-refractivity contribution is 7.98. The third-order valence-corrected chi connectivity index (χ3v) is 2.40. The highest BCUT2D eigenvalue weighted by Gasteiger charge is 1.96. The summed E-state index contributed by atoms with van der Waals surface area (Å²) >= 11 is 1.80. The Morgan fingerprint density at radius 3 is 2.73 bits per heavy atom. The van der Waals surface area contributed by atoms with Gasteiger partial charge in [-0.3, -0.25) is 0 Å². The van der Waals surface area contributed by atoms with Crippen LogP contribution in [0.25, 0.3) is 0 Å². The smallest absolute Gasteiger partial charge is 0.0213 e. The highest BCUT2D eigenvalue weighted by Crippen LogP contribution is 2.19. The summed E-state index contributed by atoms with van der Waals surface area (Å²) in [5.41, 5.74) is 1.38. The molecule has 0 aliphatic carbocycles. The van der Waals surface area contributed by atoms with Crippen LogP contribution < -0.4 is 5.32 Å². The van der Waals surface area contributed by atoms with Gasteiger partial charge in [-0.2, -0.15) is 0 Å². The number of rotatable bonds is 3. The molecule has 2 heteroatoms. The second-order valence-corrected chi connectivity index (χ2v) is 3.19. The molecule has 1 N–H and O–H groups in total. The molecule has 0 fully saturated rings. The molecule has 0 radical (unpaired) electrons. The van der Waals surface area contributed by atoms with Gasteiger partial charge in [-0.15, -0.1) is 11.8 Å². The Kier molecular flexibility index (Phi) is 3.46. The normalized spacial score (nSPS) is 10.0. The van der Waals surface area contributed by atoms with Crippen molar-refractivity contribution in [2.24, 2.45) is 0 Å². The Labute approximate surface area is 72.2 Å². The molecule has 0 bridgehead atoms. The second-order valence-electron chi connectivity index (χ2n) is 2.34. The van der Waals surface area contributed by atoms with Crippen LogP contribution in [-0.2, 0) is 6.54 Å². The standard InChI is InChI=1S/C9H13NS/c1-10-7-8-5-3-4-6-9(8)11-2/h3-6,10H,7H2,1-2H3. The minimum atomic E-state index is 0.955. The van der Waals surface area contributed by atoms with Gasteiger partial charge in [-0.05, 0) is 24.9 Å². The van der Waals surface area contributed by atoms with Gasteiger partial charge in [0, 0.05) is 11.4 Å². The van der Waals surface area contributed by atoms with E-state index in [4.69, 9.17) is 0 Å². The van der Waals surface area contributed by atoms with Crippen LogP contribution in [0.4, 0.5) is 0 Å². The summed E-state index contributed by atoms with van der Waals surface area (Å²) in [6, 6.07) is 8.46. The lowest BCUT2D eigenvalue weighted by molar-refractivity contribution is 0.803. The summed E-state index contributed by atoms with van der Waals surface area (Å²) < 4.78 is 0. The molecule has 60 valence electrons. The molecule has 0 saturated heterocycles. The minimum Gasteiger partial charge on any atom is -0.316 e. The van der Waals surface area contributed by atoms with Gasteiger partial charge in [-0.1, -0.05) is 18.2 Å². The van der Waals surface area contributed by atoms with Gasteiger partial charge in [0.05, 0.1) is 0 Å². The molecular weight excluding hydrogens is 154 g/mol. The molecule has 0 amide bonds. The van der Waals surface area contributed by atoms with Gasteiger partial charge in [0.1, 0.15) is 0 Å². The molecule has 1 aromatic carbocycles. The monoisotopic (exact) mass is 167 g/mol. The predicted molar refractivity (Wildman–Crippen MR) is 51.0 cm³/mol. The zero-order valence-corrected chi connectivity index (χ0v) is 7.74. The molecule has 0 spiro atoms. The fraction of sp³-hybridized carbons (Fsp3) is 0.333. The Morgan fingerprint density at radius 2 is 2.09 bits per heavy atom. The maximum absolute atomic E-state index is 3.15. The molecule has 1 nitrogen and oxygen atoms in total. The van der Waals surface area contributed by atoms with Crippen LogP contribution in [0.5, 0.6) is 0 Å². The quantitative estimate of drug-likeness (QED) is 0.692. The van der Waals surface area contributed by atoms with Crippen LogP contribution in [0.3, 0.4) is 0 Å². The summed E-state index contributed by atoms with van der Waals surface area (Å²) in [6.45, 7) is 0.955. The fourth-order valence-electron chi connectivity index (χ4n) is 1.04. The van der Waals surface area contributed by atoms with Gasteiger partial charge in [0.25, 0.3) is 0 Å². The van der Waals surface area contributed by atoms with Crippen LogP contribution in [0.15, 0.2) is 29.2 Å². The molecule has 1 aromatic rings. The number of benzene rings is 1. The molecule has 0 unspecified atom stereocenters. The zero-order valence-electron chi connectivity index (χ0n) is 6.92. The summed E-state index contributed by atoms with van der Waals surface area (Å²) in [5, 5.41) is 3.15. The van der Waals surface area contributed by atoms with Crippen LogP contribution in [0.1, 0.15) is 5.56 Å². The second kappa shape index (κ2) is 4.42. The van der Waals surface area contributed by atoms with Crippen molar-refractivity contribution in [2.75, 3.05) is 13.3 Å². The minimum absolute atomic E-state index is 0.955. The Balaban J connectivity index is 2.83. The largest absolute Gasteiger partial charge is 0.316 e. The molecule has 0 aliphatic rings. The molecule has 0 heterocycles. The molecule has 0 aromatic heterocycles. The molecule has 1 rings (SSSR count). The van der Waals surface area contributed by atoms with E-state index in [-0.39, 0.29) is 0 Å². The molecule has 0 aliphatic heterocycles. The number of nitrogens with one attached hydrogen (secondary N) is 1. The van der Waals surface area contributed by atoms with Gasteiger partial charge >= 0.3 is 0 Å². The van der Waals surface area contributed by atoms with Crippen molar-refractivity contribution in [1.29, 1.82) is 0 Å². The van der Waals surface area contributed by atoms with Gasteiger partial charge in [0.15, 0.2) is 0 Å². The molecule has 0 saturated carbocycles.